The number of esters is 1. The number of nitrogens with zero attached hydrogens (tertiary/aromatic N) is 1. The number of benzene rings is 1. The van der Waals surface area contributed by atoms with E-state index in [1.54, 1.807) is 24.6 Å². The number of carbonyl (C=O) groups excluding carboxylic acids is 2. The van der Waals surface area contributed by atoms with Crippen molar-refractivity contribution in [1.82, 2.24) is 4.98 Å². The quantitative estimate of drug-likeness (QED) is 0.289. The molecule has 0 amide bonds. The number of hydrogen-bond donors (Lipinski definition) is 1. The van der Waals surface area contributed by atoms with Gasteiger partial charge in [0, 0.05) is 12.3 Å². The van der Waals surface area contributed by atoms with Gasteiger partial charge in [-0.3, -0.25) is 14.9 Å². The minimum Gasteiger partial charge on any atom is -0.454 e. The van der Waals surface area contributed by atoms with Crippen molar-refractivity contribution in [2.75, 3.05) is 12.9 Å². The monoisotopic (exact) mass is 320 g/mol. The molecule has 0 radical (unpaired) electrons. The Kier molecular flexibility index (Phi) is 4.95. The molecule has 1 N–H and O–H groups in total. The number of nitrogens with one attached hydrogen (secondary N) is 1. The van der Waals surface area contributed by atoms with Crippen molar-refractivity contribution in [2.24, 2.45) is 0 Å². The summed E-state index contributed by atoms with van der Waals surface area (Å²) < 4.78 is 4.88. The summed E-state index contributed by atoms with van der Waals surface area (Å²) in [5, 5.41) is 11.0. The van der Waals surface area contributed by atoms with Crippen LogP contribution in [0.4, 0.5) is 5.69 Å². The zero-order valence-electron chi connectivity index (χ0n) is 11.6. The molecule has 0 bridgehead atoms. The Bertz CT molecular complexity index is 712. The zero-order valence-corrected chi connectivity index (χ0v) is 12.4. The molecular weight excluding hydrogens is 308 g/mol. The fourth-order valence-corrected chi connectivity index (χ4v) is 2.30. The smallest absolute Gasteiger partial charge is 0.338 e. The van der Waals surface area contributed by atoms with Gasteiger partial charge in [0.05, 0.1) is 21.1 Å². The van der Waals surface area contributed by atoms with E-state index in [1.165, 1.54) is 23.9 Å². The molecule has 0 aliphatic rings. The standard InChI is InChI=1S/C14H12N2O5S/c1-22-13-5-4-9(7-11(13)16(19)20)14(18)21-8-12(17)10-3-2-6-15-10/h2-7,15H,8H2,1H3. The fraction of sp³-hybridized carbons (Fsp3) is 0.143. The largest absolute Gasteiger partial charge is 0.454 e. The summed E-state index contributed by atoms with van der Waals surface area (Å²) in [6.45, 7) is -0.433. The number of nitro benzene ring substituents is 1. The van der Waals surface area contributed by atoms with Crippen LogP contribution >= 0.6 is 11.8 Å². The number of carbonyl (C=O) groups is 2. The SMILES string of the molecule is CSc1ccc(C(=O)OCC(=O)c2ccc[nH]2)cc1[N+](=O)[O-]. The van der Waals surface area contributed by atoms with Crippen LogP contribution in [0.15, 0.2) is 41.4 Å². The van der Waals surface area contributed by atoms with Crippen LogP contribution in [0, 0.1) is 10.1 Å². The summed E-state index contributed by atoms with van der Waals surface area (Å²) in [5.41, 5.74) is 0.193. The number of nitro groups is 1. The molecule has 2 rings (SSSR count). The van der Waals surface area contributed by atoms with Gasteiger partial charge in [-0.15, -0.1) is 11.8 Å². The third-order valence-electron chi connectivity index (χ3n) is 2.84. The number of aromatic nitrogens is 1. The molecule has 0 unspecified atom stereocenters. The molecule has 0 saturated carbocycles. The van der Waals surface area contributed by atoms with Crippen LogP contribution in [0.2, 0.25) is 0 Å². The van der Waals surface area contributed by atoms with E-state index in [0.29, 0.717) is 10.6 Å². The highest BCUT2D eigenvalue weighted by Crippen LogP contribution is 2.28. The van der Waals surface area contributed by atoms with Crippen LogP contribution in [0.3, 0.4) is 0 Å². The highest BCUT2D eigenvalue weighted by Gasteiger charge is 2.18. The molecule has 1 heterocycles. The number of hydrogen-bond acceptors (Lipinski definition) is 6. The molecule has 0 atom stereocenters. The van der Waals surface area contributed by atoms with Crippen molar-refractivity contribution < 1.29 is 19.2 Å². The molecule has 0 aliphatic heterocycles. The van der Waals surface area contributed by atoms with Gasteiger partial charge in [-0.25, -0.2) is 4.79 Å². The first-order valence-corrected chi connectivity index (χ1v) is 7.41. The van der Waals surface area contributed by atoms with E-state index >= 15 is 0 Å². The second-order valence-electron chi connectivity index (χ2n) is 4.23. The topological polar surface area (TPSA) is 102 Å². The number of ketones is 1. The number of ether oxygens (including phenoxy) is 1. The maximum atomic E-state index is 11.9. The summed E-state index contributed by atoms with van der Waals surface area (Å²) in [5.74, 6) is -1.16. The van der Waals surface area contributed by atoms with Gasteiger partial charge in [0.25, 0.3) is 5.69 Å². The lowest BCUT2D eigenvalue weighted by atomic mass is 10.2. The van der Waals surface area contributed by atoms with Gasteiger partial charge < -0.3 is 9.72 Å². The maximum Gasteiger partial charge on any atom is 0.338 e. The van der Waals surface area contributed by atoms with E-state index in [4.69, 9.17) is 4.74 Å². The fourth-order valence-electron chi connectivity index (χ4n) is 1.76. The van der Waals surface area contributed by atoms with E-state index in [0.717, 1.165) is 6.07 Å². The Morgan fingerprint density at radius 3 is 2.73 bits per heavy atom. The van der Waals surface area contributed by atoms with E-state index in [-0.39, 0.29) is 17.0 Å². The van der Waals surface area contributed by atoms with Crippen molar-refractivity contribution in [3.63, 3.8) is 0 Å². The Morgan fingerprint density at radius 1 is 1.36 bits per heavy atom. The van der Waals surface area contributed by atoms with E-state index in [2.05, 4.69) is 4.98 Å². The van der Waals surface area contributed by atoms with Crippen molar-refractivity contribution >= 4 is 29.2 Å². The van der Waals surface area contributed by atoms with Gasteiger partial charge in [-0.1, -0.05) is 0 Å². The number of Topliss-reactive ketones (excluding diaryl/α,β-unsaturated/α-hetero) is 1. The van der Waals surface area contributed by atoms with E-state index in [1.807, 2.05) is 0 Å². The van der Waals surface area contributed by atoms with Gasteiger partial charge in [-0.2, -0.15) is 0 Å². The molecule has 1 aromatic carbocycles. The number of aromatic amines is 1. The lowest BCUT2D eigenvalue weighted by Gasteiger charge is -2.05. The first-order chi connectivity index (χ1) is 10.5. The van der Waals surface area contributed by atoms with Crippen molar-refractivity contribution in [3.8, 4) is 0 Å². The highest BCUT2D eigenvalue weighted by atomic mass is 32.2. The maximum absolute atomic E-state index is 11.9. The molecule has 0 spiro atoms. The van der Waals surface area contributed by atoms with Gasteiger partial charge in [0.2, 0.25) is 5.78 Å². The van der Waals surface area contributed by atoms with Gasteiger partial charge in [0.1, 0.15) is 0 Å². The third kappa shape index (κ3) is 3.53. The van der Waals surface area contributed by atoms with E-state index < -0.39 is 17.5 Å². The van der Waals surface area contributed by atoms with Gasteiger partial charge in [0.15, 0.2) is 6.61 Å². The van der Waals surface area contributed by atoms with Crippen molar-refractivity contribution in [1.29, 1.82) is 0 Å². The second kappa shape index (κ2) is 6.90. The zero-order chi connectivity index (χ0) is 16.1. The van der Waals surface area contributed by atoms with Gasteiger partial charge >= 0.3 is 5.97 Å². The summed E-state index contributed by atoms with van der Waals surface area (Å²) in [4.78, 5) is 37.1. The highest BCUT2D eigenvalue weighted by molar-refractivity contribution is 7.98. The van der Waals surface area contributed by atoms with Crippen molar-refractivity contribution in [3.05, 3.63) is 57.9 Å². The summed E-state index contributed by atoms with van der Waals surface area (Å²) in [6.07, 6.45) is 3.29. The number of rotatable bonds is 6. The van der Waals surface area contributed by atoms with Crippen LogP contribution in [-0.2, 0) is 4.74 Å². The predicted molar refractivity (Wildman–Crippen MR) is 80.3 cm³/mol. The van der Waals surface area contributed by atoms with E-state index in [9.17, 15) is 19.7 Å². The Labute approximate surface area is 129 Å². The Hall–Kier alpha value is -2.61. The number of thioether (sulfide) groups is 1. The molecule has 0 fully saturated rings. The molecule has 2 aromatic rings. The molecule has 0 saturated heterocycles. The minimum atomic E-state index is -0.782. The molecule has 0 aliphatic carbocycles. The molecule has 7 nitrogen and oxygen atoms in total. The lowest BCUT2D eigenvalue weighted by molar-refractivity contribution is -0.387. The summed E-state index contributed by atoms with van der Waals surface area (Å²) in [7, 11) is 0. The molecule has 114 valence electrons. The molecular formula is C14H12N2O5S. The first-order valence-electron chi connectivity index (χ1n) is 6.19. The Morgan fingerprint density at radius 2 is 2.14 bits per heavy atom. The molecule has 8 heteroatoms. The van der Waals surface area contributed by atoms with Crippen LogP contribution in [0.5, 0.6) is 0 Å². The normalized spacial score (nSPS) is 10.2. The van der Waals surface area contributed by atoms with Crippen LogP contribution in [0.1, 0.15) is 20.8 Å². The van der Waals surface area contributed by atoms with Crippen LogP contribution in [0.25, 0.3) is 0 Å². The average molecular weight is 320 g/mol. The average Bonchev–Trinajstić information content (AvgIpc) is 3.06. The summed E-state index contributed by atoms with van der Waals surface area (Å²) in [6, 6.07) is 7.27. The molecule has 1 aromatic heterocycles. The van der Waals surface area contributed by atoms with Crippen LogP contribution < -0.4 is 0 Å². The first kappa shape index (κ1) is 15.8. The van der Waals surface area contributed by atoms with Crippen LogP contribution in [-0.4, -0.2) is 34.5 Å². The van der Waals surface area contributed by atoms with Gasteiger partial charge in [-0.05, 0) is 30.5 Å². The van der Waals surface area contributed by atoms with Crippen molar-refractivity contribution in [2.45, 2.75) is 4.90 Å². The summed E-state index contributed by atoms with van der Waals surface area (Å²) >= 11 is 1.21. The minimum absolute atomic E-state index is 0.0313. The Balaban J connectivity index is 2.08. The predicted octanol–water partition coefficient (Wildman–Crippen LogP) is 2.68. The number of H-pyrrole nitrogens is 1. The lowest BCUT2D eigenvalue weighted by Crippen LogP contribution is -2.14. The third-order valence-corrected chi connectivity index (χ3v) is 3.63. The second-order valence-corrected chi connectivity index (χ2v) is 5.07. The molecule has 22 heavy (non-hydrogen) atoms.